The molecule has 0 fully saturated rings. The highest BCUT2D eigenvalue weighted by atomic mass is 32.1. The monoisotopic (exact) mass is 371 g/mol. The van der Waals surface area contributed by atoms with Crippen LogP contribution in [0.5, 0.6) is 0 Å². The lowest BCUT2D eigenvalue weighted by Gasteiger charge is -2.19. The molecule has 3 aromatic rings. The Labute approximate surface area is 143 Å². The van der Waals surface area contributed by atoms with Crippen molar-refractivity contribution in [3.05, 3.63) is 46.9 Å². The summed E-state index contributed by atoms with van der Waals surface area (Å²) in [6.45, 7) is 0. The Kier molecular flexibility index (Phi) is 4.88. The normalized spacial score (nSPS) is 12.9. The van der Waals surface area contributed by atoms with E-state index in [0.717, 1.165) is 17.9 Å². The van der Waals surface area contributed by atoms with E-state index >= 15 is 0 Å². The number of aryl methyl sites for hydroxylation is 1. The first kappa shape index (κ1) is 17.2. The summed E-state index contributed by atoms with van der Waals surface area (Å²) in [6.07, 6.45) is -3.74. The van der Waals surface area contributed by atoms with Crippen LogP contribution in [-0.4, -0.2) is 22.3 Å². The minimum atomic E-state index is -4.66. The molecule has 25 heavy (non-hydrogen) atoms. The molecule has 0 aliphatic carbocycles. The Morgan fingerprint density at radius 2 is 2.16 bits per heavy atom. The SMILES string of the molecule is O=C(CCc1nnc(-c2ccsc2)o1)N[C@@H](c1ccco1)C(F)(F)F. The number of carbonyl (C=O) groups excluding carboxylic acids is 1. The Hall–Kier alpha value is -2.62. The first-order valence-electron chi connectivity index (χ1n) is 7.18. The zero-order valence-electron chi connectivity index (χ0n) is 12.6. The molecular formula is C15H12F3N3O3S. The van der Waals surface area contributed by atoms with Crippen LogP contribution in [0.15, 0.2) is 44.1 Å². The van der Waals surface area contributed by atoms with Gasteiger partial charge in [-0.1, -0.05) is 0 Å². The molecule has 0 aliphatic heterocycles. The molecule has 10 heteroatoms. The number of amides is 1. The molecule has 6 nitrogen and oxygen atoms in total. The summed E-state index contributed by atoms with van der Waals surface area (Å²) >= 11 is 1.46. The molecular weight excluding hydrogens is 359 g/mol. The minimum absolute atomic E-state index is 0.0334. The third kappa shape index (κ3) is 4.27. The van der Waals surface area contributed by atoms with Crippen molar-refractivity contribution in [2.75, 3.05) is 0 Å². The number of hydrogen-bond acceptors (Lipinski definition) is 6. The van der Waals surface area contributed by atoms with E-state index in [1.807, 2.05) is 16.1 Å². The number of alkyl halides is 3. The van der Waals surface area contributed by atoms with Crippen LogP contribution in [0.2, 0.25) is 0 Å². The maximum atomic E-state index is 13.1. The molecule has 3 heterocycles. The number of nitrogens with zero attached hydrogens (tertiary/aromatic N) is 2. The smallest absolute Gasteiger partial charge is 0.415 e. The quantitative estimate of drug-likeness (QED) is 0.714. The molecule has 0 saturated carbocycles. The predicted octanol–water partition coefficient (Wildman–Crippen LogP) is 3.74. The second-order valence-electron chi connectivity index (χ2n) is 5.07. The van der Waals surface area contributed by atoms with Crippen LogP contribution >= 0.6 is 11.3 Å². The van der Waals surface area contributed by atoms with Crippen LogP contribution in [0.3, 0.4) is 0 Å². The fraction of sp³-hybridized carbons (Fsp3) is 0.267. The first-order valence-corrected chi connectivity index (χ1v) is 8.12. The molecule has 1 N–H and O–H groups in total. The van der Waals surface area contributed by atoms with E-state index in [1.165, 1.54) is 17.4 Å². The van der Waals surface area contributed by atoms with Crippen molar-refractivity contribution in [3.63, 3.8) is 0 Å². The molecule has 132 valence electrons. The van der Waals surface area contributed by atoms with E-state index < -0.39 is 18.1 Å². The molecule has 0 aromatic carbocycles. The van der Waals surface area contributed by atoms with E-state index in [9.17, 15) is 18.0 Å². The Balaban J connectivity index is 1.59. The number of thiophene rings is 1. The molecule has 1 atom stereocenters. The largest absolute Gasteiger partial charge is 0.467 e. The lowest BCUT2D eigenvalue weighted by atomic mass is 10.2. The van der Waals surface area contributed by atoms with Crippen LogP contribution in [0.4, 0.5) is 13.2 Å². The lowest BCUT2D eigenvalue weighted by Crippen LogP contribution is -2.38. The van der Waals surface area contributed by atoms with Gasteiger partial charge in [0.1, 0.15) is 5.76 Å². The molecule has 0 spiro atoms. The molecule has 3 rings (SSSR count). The molecule has 0 unspecified atom stereocenters. The van der Waals surface area contributed by atoms with Crippen molar-refractivity contribution in [3.8, 4) is 11.5 Å². The van der Waals surface area contributed by atoms with Crippen molar-refractivity contribution >= 4 is 17.2 Å². The van der Waals surface area contributed by atoms with E-state index in [0.29, 0.717) is 5.89 Å². The van der Waals surface area contributed by atoms with Gasteiger partial charge in [-0.25, -0.2) is 0 Å². The summed E-state index contributed by atoms with van der Waals surface area (Å²) in [5.74, 6) is -0.689. The van der Waals surface area contributed by atoms with Gasteiger partial charge in [-0.15, -0.1) is 10.2 Å². The maximum Gasteiger partial charge on any atom is 0.415 e. The van der Waals surface area contributed by atoms with Gasteiger partial charge in [0.25, 0.3) is 0 Å². The average Bonchev–Trinajstić information content (AvgIpc) is 3.31. The Morgan fingerprint density at radius 3 is 2.80 bits per heavy atom. The average molecular weight is 371 g/mol. The number of halogens is 3. The first-order chi connectivity index (χ1) is 11.9. The number of rotatable bonds is 6. The summed E-state index contributed by atoms with van der Waals surface area (Å²) in [7, 11) is 0. The van der Waals surface area contributed by atoms with Gasteiger partial charge in [0.15, 0.2) is 6.04 Å². The second-order valence-corrected chi connectivity index (χ2v) is 5.85. The molecule has 0 bridgehead atoms. The van der Waals surface area contributed by atoms with Crippen LogP contribution in [-0.2, 0) is 11.2 Å². The van der Waals surface area contributed by atoms with E-state index in [4.69, 9.17) is 8.83 Å². The Morgan fingerprint density at radius 1 is 1.32 bits per heavy atom. The number of furan rings is 1. The predicted molar refractivity (Wildman–Crippen MR) is 81.6 cm³/mol. The van der Waals surface area contributed by atoms with E-state index in [1.54, 1.807) is 6.07 Å². The maximum absolute atomic E-state index is 13.1. The standard InChI is InChI=1S/C15H12F3N3O3S/c16-15(17,18)13(10-2-1-6-23-10)19-11(22)3-4-12-20-21-14(24-12)9-5-7-25-8-9/h1-2,5-8,13H,3-4H2,(H,19,22)/t13-/m0/s1. The van der Waals surface area contributed by atoms with Crippen molar-refractivity contribution in [2.24, 2.45) is 0 Å². The van der Waals surface area contributed by atoms with E-state index in [-0.39, 0.29) is 24.5 Å². The Bertz CT molecular complexity index is 813. The highest BCUT2D eigenvalue weighted by Crippen LogP contribution is 2.33. The van der Waals surface area contributed by atoms with Gasteiger partial charge in [-0.2, -0.15) is 24.5 Å². The second kappa shape index (κ2) is 7.09. The van der Waals surface area contributed by atoms with Gasteiger partial charge >= 0.3 is 6.18 Å². The molecule has 1 amide bonds. The number of carbonyl (C=O) groups is 1. The van der Waals surface area contributed by atoms with Crippen molar-refractivity contribution < 1.29 is 26.8 Å². The number of nitrogens with one attached hydrogen (secondary N) is 1. The van der Waals surface area contributed by atoms with Crippen LogP contribution in [0, 0.1) is 0 Å². The minimum Gasteiger partial charge on any atom is -0.467 e. The van der Waals surface area contributed by atoms with Crippen LogP contribution in [0.1, 0.15) is 24.1 Å². The summed E-state index contributed by atoms with van der Waals surface area (Å²) < 4.78 is 49.3. The van der Waals surface area contributed by atoms with Gasteiger partial charge in [0.2, 0.25) is 17.7 Å². The fourth-order valence-corrected chi connectivity index (χ4v) is 2.71. The summed E-state index contributed by atoms with van der Waals surface area (Å²) in [6, 6.07) is 2.08. The van der Waals surface area contributed by atoms with Crippen molar-refractivity contribution in [2.45, 2.75) is 25.1 Å². The summed E-state index contributed by atoms with van der Waals surface area (Å²) in [5, 5.41) is 13.2. The number of aromatic nitrogens is 2. The lowest BCUT2D eigenvalue weighted by molar-refractivity contribution is -0.166. The summed E-state index contributed by atoms with van der Waals surface area (Å²) in [5.41, 5.74) is 0.753. The molecule has 0 saturated heterocycles. The molecule has 3 aromatic heterocycles. The van der Waals surface area contributed by atoms with Gasteiger partial charge in [-0.3, -0.25) is 4.79 Å². The molecule has 0 aliphatic rings. The zero-order chi connectivity index (χ0) is 17.9. The van der Waals surface area contributed by atoms with Crippen molar-refractivity contribution in [1.82, 2.24) is 15.5 Å². The fourth-order valence-electron chi connectivity index (χ4n) is 2.08. The third-order valence-corrected chi connectivity index (χ3v) is 3.94. The molecule has 0 radical (unpaired) electrons. The highest BCUT2D eigenvalue weighted by Gasteiger charge is 2.43. The van der Waals surface area contributed by atoms with Gasteiger partial charge < -0.3 is 14.2 Å². The van der Waals surface area contributed by atoms with Gasteiger partial charge in [0, 0.05) is 23.8 Å². The van der Waals surface area contributed by atoms with E-state index in [2.05, 4.69) is 10.2 Å². The van der Waals surface area contributed by atoms with Gasteiger partial charge in [-0.05, 0) is 23.6 Å². The van der Waals surface area contributed by atoms with Gasteiger partial charge in [0.05, 0.1) is 6.26 Å². The third-order valence-electron chi connectivity index (χ3n) is 3.26. The topological polar surface area (TPSA) is 81.2 Å². The number of hydrogen-bond donors (Lipinski definition) is 1. The summed E-state index contributed by atoms with van der Waals surface area (Å²) in [4.78, 5) is 11.9. The highest BCUT2D eigenvalue weighted by molar-refractivity contribution is 7.08. The van der Waals surface area contributed by atoms with Crippen LogP contribution in [0.25, 0.3) is 11.5 Å². The zero-order valence-corrected chi connectivity index (χ0v) is 13.4. The van der Waals surface area contributed by atoms with Crippen LogP contribution < -0.4 is 5.32 Å². The van der Waals surface area contributed by atoms with Crippen molar-refractivity contribution in [1.29, 1.82) is 0 Å².